The molecule has 11 aromatic carbocycles. The van der Waals surface area contributed by atoms with Crippen molar-refractivity contribution in [2.24, 2.45) is 0 Å². The maximum atomic E-state index is 9.64. The van der Waals surface area contributed by atoms with E-state index < -0.39 is 137 Å². The molecule has 0 N–H and O–H groups in total. The van der Waals surface area contributed by atoms with Crippen molar-refractivity contribution in [3.63, 3.8) is 0 Å². The highest BCUT2D eigenvalue weighted by atomic mass is 28.3. The second kappa shape index (κ2) is 17.3. The normalized spacial score (nSPS) is 16.1. The van der Waals surface area contributed by atoms with Crippen LogP contribution in [0.5, 0.6) is 0 Å². The van der Waals surface area contributed by atoms with Gasteiger partial charge in [0.25, 0.3) is 0 Å². The highest BCUT2D eigenvalue weighted by Gasteiger charge is 2.31. The first-order valence-corrected chi connectivity index (χ1v) is 32.8. The minimum Gasteiger partial charge on any atom is -0.309 e. The number of anilines is 6. The van der Waals surface area contributed by atoms with Crippen LogP contribution < -0.4 is 20.2 Å². The molecule has 0 aliphatic carbocycles. The lowest BCUT2D eigenvalue weighted by Crippen LogP contribution is -2.37. The number of fused-ring (bicyclic) bond motifs is 12. The average molecular weight is 1060 g/mol. The van der Waals surface area contributed by atoms with Crippen molar-refractivity contribution < 1.29 is 27.4 Å². The lowest BCUT2D eigenvalue weighted by Gasteiger charge is -2.29. The molecule has 4 aromatic heterocycles. The SMILES string of the molecule is [2H]c1c([2H])c([2H])c(-c2ccccc2N(c2c([2H])c([2H])c([2H])c([2H])c2[2H])c2ccc3c4cc5c(cc4n4c6ccc([Si](C)(C)C)cc6c2c34)c2ccc(N(c3ccccc3-c3c([2H])c([2H])c([2H])c([2H])c3[2H])c3c([2H])c([2H])c([2H])c([2H])c3[2H])c3c4cc([Si](C)(C)C)ccc4n5c23)c([2H])c1[2H]. The summed E-state index contributed by atoms with van der Waals surface area (Å²) in [7, 11) is -4.27. The van der Waals surface area contributed by atoms with Crippen LogP contribution in [0.2, 0.25) is 39.3 Å². The lowest BCUT2D eigenvalue weighted by atomic mass is 9.99. The van der Waals surface area contributed by atoms with E-state index >= 15 is 0 Å². The van der Waals surface area contributed by atoms with Gasteiger partial charge < -0.3 is 18.6 Å². The first-order chi connectivity index (χ1) is 46.3. The van der Waals surface area contributed by atoms with Crippen molar-refractivity contribution in [2.75, 3.05) is 9.80 Å². The molecule has 6 heteroatoms. The zero-order valence-corrected chi connectivity index (χ0v) is 45.3. The Bertz CT molecular complexity index is 5590. The van der Waals surface area contributed by atoms with Gasteiger partial charge in [-0.25, -0.2) is 0 Å². The molecule has 0 aliphatic heterocycles. The van der Waals surface area contributed by atoms with Gasteiger partial charge in [0.05, 0.1) is 99.4 Å². The third-order valence-electron chi connectivity index (χ3n) is 15.4. The van der Waals surface area contributed by atoms with Gasteiger partial charge in [0.1, 0.15) is 0 Å². The molecule has 0 fully saturated rings. The molecular weight excluding hydrogens is 977 g/mol. The van der Waals surface area contributed by atoms with Crippen LogP contribution in [0.1, 0.15) is 27.4 Å². The monoisotopic (exact) mass is 1050 g/mol. The maximum Gasteiger partial charge on any atom is 0.0776 e. The molecule has 0 spiro atoms. The first kappa shape index (κ1) is 30.1. The fraction of sp³-hybridized carbons (Fsp3) is 0.0833. The molecule has 374 valence electrons. The maximum absolute atomic E-state index is 9.64. The van der Waals surface area contributed by atoms with Crippen LogP contribution in [0.15, 0.2) is 242 Å². The molecule has 4 heterocycles. The molecule has 0 amide bonds. The van der Waals surface area contributed by atoms with Crippen LogP contribution in [0.4, 0.5) is 34.1 Å². The van der Waals surface area contributed by atoms with Crippen molar-refractivity contribution >= 4 is 137 Å². The second-order valence-electron chi connectivity index (χ2n) is 21.9. The molecule has 0 radical (unpaired) electrons. The van der Waals surface area contributed by atoms with Crippen molar-refractivity contribution in [1.82, 2.24) is 8.80 Å². The van der Waals surface area contributed by atoms with Crippen molar-refractivity contribution in [2.45, 2.75) is 39.3 Å². The topological polar surface area (TPSA) is 15.3 Å². The fourth-order valence-corrected chi connectivity index (χ4v) is 14.2. The molecular formula is C72H58N4Si2. The van der Waals surface area contributed by atoms with E-state index in [9.17, 15) is 11.0 Å². The molecule has 0 saturated carbocycles. The molecule has 15 rings (SSSR count). The first-order valence-electron chi connectivity index (χ1n) is 35.8. The molecule has 0 saturated heterocycles. The average Bonchev–Trinajstić information content (AvgIpc) is 1.51. The van der Waals surface area contributed by atoms with Crippen molar-refractivity contribution in [1.29, 1.82) is 0 Å². The Labute approximate surface area is 485 Å². The van der Waals surface area contributed by atoms with Gasteiger partial charge in [-0.1, -0.05) is 219 Å². The van der Waals surface area contributed by atoms with Gasteiger partial charge in [0.2, 0.25) is 0 Å². The number of hydrogen-bond acceptors (Lipinski definition) is 2. The van der Waals surface area contributed by atoms with E-state index in [1.807, 2.05) is 24.3 Å². The number of para-hydroxylation sites is 4. The summed E-state index contributed by atoms with van der Waals surface area (Å²) in [6.45, 7) is 13.4. The van der Waals surface area contributed by atoms with Crippen molar-refractivity contribution in [3.05, 3.63) is 242 Å². The Kier molecular flexibility index (Phi) is 6.67. The Morgan fingerprint density at radius 3 is 1.09 bits per heavy atom. The third kappa shape index (κ3) is 6.96. The molecule has 0 unspecified atom stereocenters. The van der Waals surface area contributed by atoms with Gasteiger partial charge in [-0.15, -0.1) is 0 Å². The predicted molar refractivity (Wildman–Crippen MR) is 342 cm³/mol. The molecule has 0 bridgehead atoms. The summed E-state index contributed by atoms with van der Waals surface area (Å²) in [5, 5.41) is 8.25. The van der Waals surface area contributed by atoms with Gasteiger partial charge in [0.15, 0.2) is 0 Å². The number of rotatable bonds is 10. The van der Waals surface area contributed by atoms with Gasteiger partial charge in [0, 0.05) is 65.6 Å². The summed E-state index contributed by atoms with van der Waals surface area (Å²) in [4.78, 5) is 3.15. The molecule has 78 heavy (non-hydrogen) atoms. The largest absolute Gasteiger partial charge is 0.309 e. The Morgan fingerprint density at radius 1 is 0.333 bits per heavy atom. The van der Waals surface area contributed by atoms with Crippen molar-refractivity contribution in [3.8, 4) is 22.3 Å². The summed E-state index contributed by atoms with van der Waals surface area (Å²) < 4.78 is 186. The minimum atomic E-state index is -2.13. The van der Waals surface area contributed by atoms with Crippen LogP contribution in [-0.2, 0) is 0 Å². The fourth-order valence-electron chi connectivity index (χ4n) is 11.9. The standard InChI is InChI=1S/C72H58N4Si2/c1-77(2,3)51-35-39-63-59(43-51)69-65(73(49-27-15-9-16-28-49)61-33-21-19-31-53(61)47-23-11-7-12-24-47)41-37-55-57-46-68-58(45-67(57)75(63)71(55)69)56-38-42-66(70-60-44-52(78(4,5)6)36-40-64(60)76(68)72(56)70)74(50-29-17-10-18-30-50)62-34-22-20-32-54(62)48-25-13-8-14-26-48/h7-46H,1-6H3/i7D,8D,9D,10D,11D,12D,13D,14D,15D,16D,17D,18D,23D,24D,25D,26D,27D,28D,29D,30D. The van der Waals surface area contributed by atoms with Crippen LogP contribution in [0, 0.1) is 0 Å². The van der Waals surface area contributed by atoms with E-state index in [1.54, 1.807) is 58.3 Å². The van der Waals surface area contributed by atoms with Gasteiger partial charge in [-0.3, -0.25) is 0 Å². The predicted octanol–water partition coefficient (Wildman–Crippen LogP) is 19.4. The molecule has 15 aromatic rings. The number of benzene rings is 11. The summed E-state index contributed by atoms with van der Waals surface area (Å²) in [6.07, 6.45) is 0. The molecule has 4 nitrogen and oxygen atoms in total. The highest BCUT2D eigenvalue weighted by Crippen LogP contribution is 2.53. The lowest BCUT2D eigenvalue weighted by molar-refractivity contribution is 1.30. The summed E-state index contributed by atoms with van der Waals surface area (Å²) in [6, 6.07) is 26.6. The van der Waals surface area contributed by atoms with Crippen LogP contribution >= 0.6 is 0 Å². The summed E-state index contributed by atoms with van der Waals surface area (Å²) >= 11 is 0. The van der Waals surface area contributed by atoms with E-state index in [1.165, 1.54) is 0 Å². The van der Waals surface area contributed by atoms with Crippen LogP contribution in [-0.4, -0.2) is 24.9 Å². The summed E-state index contributed by atoms with van der Waals surface area (Å²) in [5.41, 5.74) is 5.22. The Morgan fingerprint density at radius 2 is 0.705 bits per heavy atom. The van der Waals surface area contributed by atoms with Crippen LogP contribution in [0.3, 0.4) is 0 Å². The number of nitrogens with zero attached hydrogens (tertiary/aromatic N) is 4. The Hall–Kier alpha value is -8.95. The van der Waals surface area contributed by atoms with Crippen LogP contribution in [0.25, 0.3) is 98.4 Å². The quantitative estimate of drug-likeness (QED) is 0.127. The Balaban J connectivity index is 1.08. The van der Waals surface area contributed by atoms with Gasteiger partial charge >= 0.3 is 0 Å². The highest BCUT2D eigenvalue weighted by molar-refractivity contribution is 6.89. The molecule has 0 aliphatic rings. The van der Waals surface area contributed by atoms with E-state index in [0.29, 0.717) is 22.1 Å². The zero-order valence-electron chi connectivity index (χ0n) is 63.3. The van der Waals surface area contributed by atoms with E-state index in [0.717, 1.165) is 75.8 Å². The van der Waals surface area contributed by atoms with E-state index in [4.69, 9.17) is 16.4 Å². The molecule has 0 atom stereocenters. The van der Waals surface area contributed by atoms with E-state index in [2.05, 4.69) is 96.6 Å². The van der Waals surface area contributed by atoms with Gasteiger partial charge in [-0.05, 0) is 83.8 Å². The minimum absolute atomic E-state index is 0.147. The number of hydrogen-bond donors (Lipinski definition) is 0. The van der Waals surface area contributed by atoms with Gasteiger partial charge in [-0.2, -0.15) is 0 Å². The number of aromatic nitrogens is 2. The second-order valence-corrected chi connectivity index (χ2v) is 32.0. The third-order valence-corrected chi connectivity index (χ3v) is 19.5. The smallest absolute Gasteiger partial charge is 0.0776 e. The summed E-state index contributed by atoms with van der Waals surface area (Å²) in [5.74, 6) is 0. The zero-order chi connectivity index (χ0) is 70.0. The van der Waals surface area contributed by atoms with E-state index in [-0.39, 0.29) is 45.0 Å².